The summed E-state index contributed by atoms with van der Waals surface area (Å²) in [5.74, 6) is 1.25. The summed E-state index contributed by atoms with van der Waals surface area (Å²) in [7, 11) is 0. The number of rotatable bonds is 6. The molecule has 4 heterocycles. The number of H-pyrrole nitrogens is 1. The van der Waals surface area contributed by atoms with Gasteiger partial charge in [0.2, 0.25) is 0 Å². The second-order valence-electron chi connectivity index (χ2n) is 7.92. The molecule has 2 fully saturated rings. The molecule has 27 heavy (non-hydrogen) atoms. The first kappa shape index (κ1) is 18.4. The Kier molecular flexibility index (Phi) is 5.99. The number of aromatic nitrogens is 4. The summed E-state index contributed by atoms with van der Waals surface area (Å²) in [6.45, 7) is 7.24. The van der Waals surface area contributed by atoms with E-state index in [1.165, 1.54) is 58.3 Å². The van der Waals surface area contributed by atoms with Crippen LogP contribution in [0.2, 0.25) is 0 Å². The van der Waals surface area contributed by atoms with Crippen molar-refractivity contribution < 1.29 is 0 Å². The Morgan fingerprint density at radius 3 is 2.48 bits per heavy atom. The van der Waals surface area contributed by atoms with Crippen LogP contribution in [-0.4, -0.2) is 69.0 Å². The van der Waals surface area contributed by atoms with E-state index in [2.05, 4.69) is 25.1 Å². The van der Waals surface area contributed by atoms with Crippen LogP contribution in [0, 0.1) is 5.92 Å². The van der Waals surface area contributed by atoms with E-state index in [1.807, 2.05) is 18.3 Å². The molecule has 0 radical (unpaired) electrons. The number of likely N-dealkylation sites (tertiary alicyclic amines) is 2. The van der Waals surface area contributed by atoms with Crippen LogP contribution in [0.5, 0.6) is 0 Å². The average Bonchev–Trinajstić information content (AvgIpc) is 3.25. The highest BCUT2D eigenvalue weighted by atomic mass is 16.1. The minimum absolute atomic E-state index is 0.0709. The van der Waals surface area contributed by atoms with E-state index >= 15 is 0 Å². The summed E-state index contributed by atoms with van der Waals surface area (Å²) in [4.78, 5) is 17.4. The zero-order valence-electron chi connectivity index (χ0n) is 16.0. The molecule has 7 heteroatoms. The lowest BCUT2D eigenvalue weighted by Gasteiger charge is -2.34. The third-order valence-electron chi connectivity index (χ3n) is 6.00. The normalized spacial score (nSPS) is 20.1. The maximum atomic E-state index is 12.2. The van der Waals surface area contributed by atoms with Crippen LogP contribution in [0.4, 0.5) is 0 Å². The predicted octanol–water partition coefficient (Wildman–Crippen LogP) is 1.70. The van der Waals surface area contributed by atoms with Crippen molar-refractivity contribution in [2.24, 2.45) is 5.92 Å². The SMILES string of the molecule is O=c1[nH]nc(-n2cccn2)cc1CC1CCN(CCN2CCCCC2)CC1. The summed E-state index contributed by atoms with van der Waals surface area (Å²) in [6.07, 6.45) is 10.8. The molecule has 1 N–H and O–H groups in total. The maximum Gasteiger partial charge on any atom is 0.267 e. The number of nitrogens with zero attached hydrogens (tertiary/aromatic N) is 5. The first-order valence-corrected chi connectivity index (χ1v) is 10.3. The molecule has 2 aliphatic heterocycles. The van der Waals surface area contributed by atoms with E-state index in [0.717, 1.165) is 25.1 Å². The first-order valence-electron chi connectivity index (χ1n) is 10.3. The standard InChI is InChI=1S/C20H30N6O/c27-20-18(16-19(22-23-20)26-10-4-7-21-26)15-17-5-11-25(12-6-17)14-13-24-8-2-1-3-9-24/h4,7,10,16-17H,1-3,5-6,8-9,11-15H2,(H,23,27). The summed E-state index contributed by atoms with van der Waals surface area (Å²) >= 11 is 0. The van der Waals surface area contributed by atoms with Crippen molar-refractivity contribution in [3.8, 4) is 5.82 Å². The topological polar surface area (TPSA) is 70.0 Å². The maximum absolute atomic E-state index is 12.2. The van der Waals surface area contributed by atoms with Gasteiger partial charge in [-0.2, -0.15) is 10.2 Å². The van der Waals surface area contributed by atoms with Crippen LogP contribution < -0.4 is 5.56 Å². The van der Waals surface area contributed by atoms with Crippen molar-refractivity contribution in [1.82, 2.24) is 29.8 Å². The molecular formula is C20H30N6O. The van der Waals surface area contributed by atoms with E-state index in [0.29, 0.717) is 11.7 Å². The van der Waals surface area contributed by atoms with Crippen LogP contribution in [-0.2, 0) is 6.42 Å². The third kappa shape index (κ3) is 4.84. The fraction of sp³-hybridized carbons (Fsp3) is 0.650. The monoisotopic (exact) mass is 370 g/mol. The molecule has 0 saturated carbocycles. The molecule has 7 nitrogen and oxygen atoms in total. The first-order chi connectivity index (χ1) is 13.3. The molecule has 0 aromatic carbocycles. The van der Waals surface area contributed by atoms with Crippen molar-refractivity contribution in [2.75, 3.05) is 39.3 Å². The van der Waals surface area contributed by atoms with E-state index in [1.54, 1.807) is 10.9 Å². The Morgan fingerprint density at radius 1 is 1.04 bits per heavy atom. The molecule has 2 aliphatic rings. The van der Waals surface area contributed by atoms with Crippen LogP contribution in [0.15, 0.2) is 29.3 Å². The Hall–Kier alpha value is -1.99. The smallest absolute Gasteiger partial charge is 0.267 e. The molecule has 0 bridgehead atoms. The molecule has 0 atom stereocenters. The molecule has 0 unspecified atom stereocenters. The van der Waals surface area contributed by atoms with E-state index in [-0.39, 0.29) is 5.56 Å². The number of nitrogens with one attached hydrogen (secondary N) is 1. The van der Waals surface area contributed by atoms with Crippen molar-refractivity contribution in [3.63, 3.8) is 0 Å². The van der Waals surface area contributed by atoms with Gasteiger partial charge in [0.1, 0.15) is 0 Å². The molecule has 2 saturated heterocycles. The molecular weight excluding hydrogens is 340 g/mol. The number of hydrogen-bond donors (Lipinski definition) is 1. The lowest BCUT2D eigenvalue weighted by Crippen LogP contribution is -2.41. The quantitative estimate of drug-likeness (QED) is 0.838. The van der Waals surface area contributed by atoms with Gasteiger partial charge in [-0.3, -0.25) is 4.79 Å². The van der Waals surface area contributed by atoms with Crippen molar-refractivity contribution in [3.05, 3.63) is 40.4 Å². The lowest BCUT2D eigenvalue weighted by atomic mass is 9.90. The van der Waals surface area contributed by atoms with Gasteiger partial charge in [0.05, 0.1) is 0 Å². The molecule has 2 aromatic heterocycles. The minimum atomic E-state index is -0.0709. The van der Waals surface area contributed by atoms with Gasteiger partial charge in [-0.15, -0.1) is 0 Å². The fourth-order valence-corrected chi connectivity index (χ4v) is 4.30. The minimum Gasteiger partial charge on any atom is -0.302 e. The molecule has 4 rings (SSSR count). The van der Waals surface area contributed by atoms with Gasteiger partial charge in [0.25, 0.3) is 5.56 Å². The highest BCUT2D eigenvalue weighted by Crippen LogP contribution is 2.21. The summed E-state index contributed by atoms with van der Waals surface area (Å²) in [5, 5.41) is 10.9. The van der Waals surface area contributed by atoms with Crippen molar-refractivity contribution in [1.29, 1.82) is 0 Å². The Labute approximate surface area is 160 Å². The van der Waals surface area contributed by atoms with Crippen LogP contribution >= 0.6 is 0 Å². The molecule has 146 valence electrons. The highest BCUT2D eigenvalue weighted by Gasteiger charge is 2.21. The van der Waals surface area contributed by atoms with E-state index in [9.17, 15) is 4.79 Å². The van der Waals surface area contributed by atoms with Gasteiger partial charge in [0, 0.05) is 31.0 Å². The van der Waals surface area contributed by atoms with Crippen molar-refractivity contribution >= 4 is 0 Å². The van der Waals surface area contributed by atoms with E-state index < -0.39 is 0 Å². The van der Waals surface area contributed by atoms with Gasteiger partial charge in [-0.05, 0) is 76.3 Å². The van der Waals surface area contributed by atoms with Gasteiger partial charge >= 0.3 is 0 Å². The molecule has 0 aliphatic carbocycles. The van der Waals surface area contributed by atoms with Crippen LogP contribution in [0.25, 0.3) is 5.82 Å². The molecule has 0 amide bonds. The summed E-state index contributed by atoms with van der Waals surface area (Å²) < 4.78 is 1.68. The summed E-state index contributed by atoms with van der Waals surface area (Å²) in [6, 6.07) is 3.74. The largest absolute Gasteiger partial charge is 0.302 e. The van der Waals surface area contributed by atoms with Gasteiger partial charge < -0.3 is 9.80 Å². The molecule has 2 aromatic rings. The Morgan fingerprint density at radius 2 is 1.78 bits per heavy atom. The predicted molar refractivity (Wildman–Crippen MR) is 105 cm³/mol. The van der Waals surface area contributed by atoms with Gasteiger partial charge in [-0.25, -0.2) is 9.78 Å². The average molecular weight is 371 g/mol. The number of piperidine rings is 2. The highest BCUT2D eigenvalue weighted by molar-refractivity contribution is 5.24. The number of hydrogen-bond acceptors (Lipinski definition) is 5. The third-order valence-corrected chi connectivity index (χ3v) is 6.00. The zero-order chi connectivity index (χ0) is 18.5. The van der Waals surface area contributed by atoms with Gasteiger partial charge in [0.15, 0.2) is 5.82 Å². The molecule has 0 spiro atoms. The van der Waals surface area contributed by atoms with Crippen LogP contribution in [0.1, 0.15) is 37.7 Å². The van der Waals surface area contributed by atoms with Crippen LogP contribution in [0.3, 0.4) is 0 Å². The Balaban J connectivity index is 1.28. The lowest BCUT2D eigenvalue weighted by molar-refractivity contribution is 0.145. The fourth-order valence-electron chi connectivity index (χ4n) is 4.30. The number of aromatic amines is 1. The Bertz CT molecular complexity index is 757. The second kappa shape index (κ2) is 8.80. The van der Waals surface area contributed by atoms with Gasteiger partial charge in [-0.1, -0.05) is 6.42 Å². The zero-order valence-corrected chi connectivity index (χ0v) is 16.0. The summed E-state index contributed by atoms with van der Waals surface area (Å²) in [5.41, 5.74) is 0.751. The van der Waals surface area contributed by atoms with Crippen molar-refractivity contribution in [2.45, 2.75) is 38.5 Å². The second-order valence-corrected chi connectivity index (χ2v) is 7.92. The van der Waals surface area contributed by atoms with E-state index in [4.69, 9.17) is 0 Å².